The molecule has 1 heterocycles. The summed E-state index contributed by atoms with van der Waals surface area (Å²) >= 11 is 3.72. The first-order valence-electron chi connectivity index (χ1n) is 7.01. The molecule has 1 aromatic rings. The lowest BCUT2D eigenvalue weighted by Crippen LogP contribution is -2.32. The summed E-state index contributed by atoms with van der Waals surface area (Å²) in [6.07, 6.45) is 4.21. The van der Waals surface area contributed by atoms with E-state index in [1.54, 1.807) is 0 Å². The standard InChI is InChI=1S/C14H26BrN3/c1-5-11-13(15)12(18(8-4)17-11)9-14(6-2,7-3)10-16/h5-10,16H2,1-4H3. The largest absolute Gasteiger partial charge is 0.330 e. The molecule has 0 bridgehead atoms. The van der Waals surface area contributed by atoms with Crippen LogP contribution < -0.4 is 5.73 Å². The van der Waals surface area contributed by atoms with Crippen molar-refractivity contribution in [2.24, 2.45) is 11.1 Å². The number of nitrogens with two attached hydrogens (primary N) is 1. The number of halogens is 1. The predicted molar refractivity (Wildman–Crippen MR) is 80.8 cm³/mol. The van der Waals surface area contributed by atoms with E-state index < -0.39 is 0 Å². The van der Waals surface area contributed by atoms with E-state index in [-0.39, 0.29) is 5.41 Å². The van der Waals surface area contributed by atoms with Crippen LogP contribution in [0.5, 0.6) is 0 Å². The van der Waals surface area contributed by atoms with Gasteiger partial charge in [-0.2, -0.15) is 5.10 Å². The lowest BCUT2D eigenvalue weighted by molar-refractivity contribution is 0.263. The zero-order chi connectivity index (χ0) is 13.8. The molecular weight excluding hydrogens is 290 g/mol. The van der Waals surface area contributed by atoms with Crippen molar-refractivity contribution in [2.75, 3.05) is 6.54 Å². The lowest BCUT2D eigenvalue weighted by Gasteiger charge is -2.30. The Labute approximate surface area is 119 Å². The smallest absolute Gasteiger partial charge is 0.0766 e. The molecule has 0 aliphatic heterocycles. The van der Waals surface area contributed by atoms with Gasteiger partial charge < -0.3 is 5.73 Å². The van der Waals surface area contributed by atoms with Crippen molar-refractivity contribution in [1.82, 2.24) is 9.78 Å². The van der Waals surface area contributed by atoms with Crippen molar-refractivity contribution >= 4 is 15.9 Å². The fraction of sp³-hybridized carbons (Fsp3) is 0.786. The number of rotatable bonds is 7. The number of hydrogen-bond acceptors (Lipinski definition) is 2. The van der Waals surface area contributed by atoms with Gasteiger partial charge in [-0.25, -0.2) is 0 Å². The highest BCUT2D eigenvalue weighted by Gasteiger charge is 2.28. The maximum atomic E-state index is 6.01. The van der Waals surface area contributed by atoms with Crippen LogP contribution in [0.25, 0.3) is 0 Å². The van der Waals surface area contributed by atoms with E-state index in [2.05, 4.69) is 53.4 Å². The molecule has 0 saturated carbocycles. The normalized spacial score (nSPS) is 12.1. The van der Waals surface area contributed by atoms with Gasteiger partial charge in [-0.05, 0) is 60.5 Å². The average molecular weight is 316 g/mol. The van der Waals surface area contributed by atoms with Gasteiger partial charge in [0, 0.05) is 6.54 Å². The Morgan fingerprint density at radius 2 is 1.83 bits per heavy atom. The van der Waals surface area contributed by atoms with Gasteiger partial charge in [0.2, 0.25) is 0 Å². The van der Waals surface area contributed by atoms with Crippen LogP contribution in [-0.4, -0.2) is 16.3 Å². The number of aryl methyl sites for hydroxylation is 2. The van der Waals surface area contributed by atoms with Crippen molar-refractivity contribution in [3.63, 3.8) is 0 Å². The van der Waals surface area contributed by atoms with Crippen LogP contribution in [0.3, 0.4) is 0 Å². The van der Waals surface area contributed by atoms with Crippen LogP contribution in [0.1, 0.15) is 51.9 Å². The molecule has 0 aliphatic carbocycles. The van der Waals surface area contributed by atoms with Gasteiger partial charge in [0.25, 0.3) is 0 Å². The summed E-state index contributed by atoms with van der Waals surface area (Å²) in [5.41, 5.74) is 8.69. The SMILES string of the molecule is CCc1nn(CC)c(CC(CC)(CC)CN)c1Br. The summed E-state index contributed by atoms with van der Waals surface area (Å²) in [4.78, 5) is 0. The molecule has 3 nitrogen and oxygen atoms in total. The third-order valence-electron chi connectivity index (χ3n) is 4.17. The summed E-state index contributed by atoms with van der Waals surface area (Å²) in [7, 11) is 0. The summed E-state index contributed by atoms with van der Waals surface area (Å²) in [5, 5.41) is 4.66. The Hall–Kier alpha value is -0.350. The van der Waals surface area contributed by atoms with E-state index in [0.29, 0.717) is 0 Å². The predicted octanol–water partition coefficient (Wildman–Crippen LogP) is 3.54. The van der Waals surface area contributed by atoms with E-state index >= 15 is 0 Å². The quantitative estimate of drug-likeness (QED) is 0.836. The minimum absolute atomic E-state index is 0.209. The second kappa shape index (κ2) is 6.71. The molecule has 2 N–H and O–H groups in total. The van der Waals surface area contributed by atoms with E-state index in [0.717, 1.165) is 44.5 Å². The van der Waals surface area contributed by atoms with E-state index in [4.69, 9.17) is 5.73 Å². The Morgan fingerprint density at radius 3 is 2.22 bits per heavy atom. The zero-order valence-electron chi connectivity index (χ0n) is 12.1. The third-order valence-corrected chi connectivity index (χ3v) is 5.08. The molecule has 0 atom stereocenters. The molecule has 4 heteroatoms. The minimum atomic E-state index is 0.209. The highest BCUT2D eigenvalue weighted by atomic mass is 79.9. The first-order chi connectivity index (χ1) is 8.57. The molecule has 0 unspecified atom stereocenters. The average Bonchev–Trinajstić information content (AvgIpc) is 2.72. The molecule has 18 heavy (non-hydrogen) atoms. The maximum Gasteiger partial charge on any atom is 0.0766 e. The highest BCUT2D eigenvalue weighted by Crippen LogP contribution is 2.33. The molecule has 0 amide bonds. The van der Waals surface area contributed by atoms with Crippen LogP contribution in [-0.2, 0) is 19.4 Å². The maximum absolute atomic E-state index is 6.01. The van der Waals surface area contributed by atoms with Gasteiger partial charge in [-0.3, -0.25) is 4.68 Å². The fourth-order valence-electron chi connectivity index (χ4n) is 2.40. The van der Waals surface area contributed by atoms with Crippen molar-refractivity contribution in [1.29, 1.82) is 0 Å². The van der Waals surface area contributed by atoms with E-state index in [1.165, 1.54) is 10.2 Å². The Bertz CT molecular complexity index is 372. The monoisotopic (exact) mass is 315 g/mol. The molecule has 0 aliphatic rings. The lowest BCUT2D eigenvalue weighted by atomic mass is 9.78. The summed E-state index contributed by atoms with van der Waals surface area (Å²) in [6, 6.07) is 0. The minimum Gasteiger partial charge on any atom is -0.330 e. The van der Waals surface area contributed by atoms with Crippen LogP contribution in [0.15, 0.2) is 4.47 Å². The first kappa shape index (κ1) is 15.7. The molecular formula is C14H26BrN3. The molecule has 0 saturated heterocycles. The summed E-state index contributed by atoms with van der Waals surface area (Å²) < 4.78 is 3.31. The zero-order valence-corrected chi connectivity index (χ0v) is 13.7. The Balaban J connectivity index is 3.12. The number of hydrogen-bond donors (Lipinski definition) is 1. The molecule has 104 valence electrons. The van der Waals surface area contributed by atoms with Crippen LogP contribution in [0.2, 0.25) is 0 Å². The highest BCUT2D eigenvalue weighted by molar-refractivity contribution is 9.10. The van der Waals surface area contributed by atoms with Gasteiger partial charge in [0.15, 0.2) is 0 Å². The molecule has 0 radical (unpaired) electrons. The molecule has 0 spiro atoms. The second-order valence-electron chi connectivity index (χ2n) is 4.96. The first-order valence-corrected chi connectivity index (χ1v) is 7.80. The van der Waals surface area contributed by atoms with Crippen LogP contribution in [0.4, 0.5) is 0 Å². The van der Waals surface area contributed by atoms with Gasteiger partial charge in [0.05, 0.1) is 15.9 Å². The third kappa shape index (κ3) is 2.97. The van der Waals surface area contributed by atoms with E-state index in [9.17, 15) is 0 Å². The number of nitrogens with zero attached hydrogens (tertiary/aromatic N) is 2. The summed E-state index contributed by atoms with van der Waals surface area (Å²) in [6.45, 7) is 10.4. The molecule has 1 rings (SSSR count). The van der Waals surface area contributed by atoms with Crippen molar-refractivity contribution in [3.05, 3.63) is 15.9 Å². The Kier molecular flexibility index (Phi) is 5.86. The Morgan fingerprint density at radius 1 is 1.22 bits per heavy atom. The van der Waals surface area contributed by atoms with Crippen molar-refractivity contribution in [3.8, 4) is 0 Å². The van der Waals surface area contributed by atoms with Gasteiger partial charge in [0.1, 0.15) is 0 Å². The van der Waals surface area contributed by atoms with Gasteiger partial charge in [-0.15, -0.1) is 0 Å². The fourth-order valence-corrected chi connectivity index (χ4v) is 3.11. The second-order valence-corrected chi connectivity index (χ2v) is 5.76. The molecule has 0 fully saturated rings. The van der Waals surface area contributed by atoms with E-state index in [1.807, 2.05) is 0 Å². The molecule has 1 aromatic heterocycles. The molecule has 0 aromatic carbocycles. The van der Waals surface area contributed by atoms with Crippen molar-refractivity contribution < 1.29 is 0 Å². The topological polar surface area (TPSA) is 43.8 Å². The van der Waals surface area contributed by atoms with Crippen LogP contribution in [0, 0.1) is 5.41 Å². The summed E-state index contributed by atoms with van der Waals surface area (Å²) in [5.74, 6) is 0. The van der Waals surface area contributed by atoms with Gasteiger partial charge >= 0.3 is 0 Å². The number of aromatic nitrogens is 2. The van der Waals surface area contributed by atoms with Gasteiger partial charge in [-0.1, -0.05) is 20.8 Å². The van der Waals surface area contributed by atoms with Crippen LogP contribution >= 0.6 is 15.9 Å². The van der Waals surface area contributed by atoms with Crippen molar-refractivity contribution in [2.45, 2.75) is 59.9 Å².